The monoisotopic (exact) mass is 308 g/mol. The number of ether oxygens (including phenoxy) is 1. The van der Waals surface area contributed by atoms with Crippen LogP contribution in [0.5, 0.6) is 5.75 Å². The second-order valence-electron chi connectivity index (χ2n) is 4.62. The van der Waals surface area contributed by atoms with E-state index in [9.17, 15) is 4.79 Å². The van der Waals surface area contributed by atoms with E-state index < -0.39 is 6.10 Å². The molecule has 1 N–H and O–H groups in total. The molecule has 1 unspecified atom stereocenters. The van der Waals surface area contributed by atoms with Gasteiger partial charge in [0.25, 0.3) is 5.91 Å². The maximum atomic E-state index is 11.9. The Morgan fingerprint density at radius 2 is 2.33 bits per heavy atom. The Bertz CT molecular complexity index is 615. The summed E-state index contributed by atoms with van der Waals surface area (Å²) < 4.78 is 7.36. The molecule has 0 aliphatic heterocycles. The van der Waals surface area contributed by atoms with E-state index >= 15 is 0 Å². The van der Waals surface area contributed by atoms with E-state index in [0.717, 1.165) is 5.82 Å². The van der Waals surface area contributed by atoms with Crippen molar-refractivity contribution in [3.05, 3.63) is 41.4 Å². The molecule has 2 aromatic rings. The smallest absolute Gasteiger partial charge is 0.260 e. The van der Waals surface area contributed by atoms with Crippen LogP contribution in [-0.4, -0.2) is 33.3 Å². The van der Waals surface area contributed by atoms with Crippen molar-refractivity contribution in [3.8, 4) is 5.75 Å². The second kappa shape index (κ2) is 7.08. The van der Waals surface area contributed by atoms with Gasteiger partial charge in [-0.2, -0.15) is 0 Å². The molecule has 0 bridgehead atoms. The first-order valence-corrected chi connectivity index (χ1v) is 6.97. The quantitative estimate of drug-likeness (QED) is 0.880. The van der Waals surface area contributed by atoms with Crippen LogP contribution in [0, 0.1) is 0 Å². The fourth-order valence-electron chi connectivity index (χ4n) is 1.77. The van der Waals surface area contributed by atoms with Gasteiger partial charge in [-0.1, -0.05) is 17.7 Å². The van der Waals surface area contributed by atoms with Crippen LogP contribution >= 0.6 is 11.6 Å². The summed E-state index contributed by atoms with van der Waals surface area (Å²) >= 11 is 5.87. The normalized spacial score (nSPS) is 12.0. The molecule has 1 aromatic heterocycles. The Hall–Kier alpha value is -2.08. The number of hydrogen-bond acceptors (Lipinski definition) is 4. The van der Waals surface area contributed by atoms with Crippen molar-refractivity contribution in [2.75, 3.05) is 6.54 Å². The van der Waals surface area contributed by atoms with Gasteiger partial charge in [0.15, 0.2) is 6.10 Å². The first-order valence-electron chi connectivity index (χ1n) is 6.59. The van der Waals surface area contributed by atoms with Crippen molar-refractivity contribution < 1.29 is 9.53 Å². The number of aromatic nitrogens is 3. The third kappa shape index (κ3) is 4.46. The van der Waals surface area contributed by atoms with Crippen LogP contribution in [0.15, 0.2) is 30.6 Å². The molecule has 0 aliphatic carbocycles. The Kier molecular flexibility index (Phi) is 5.16. The zero-order chi connectivity index (χ0) is 15.2. The maximum absolute atomic E-state index is 11.9. The topological polar surface area (TPSA) is 69.0 Å². The molecule has 0 saturated heterocycles. The molecule has 0 saturated carbocycles. The highest BCUT2D eigenvalue weighted by Gasteiger charge is 2.14. The summed E-state index contributed by atoms with van der Waals surface area (Å²) in [5.41, 5.74) is 0. The molecule has 0 spiro atoms. The van der Waals surface area contributed by atoms with Crippen LogP contribution in [0.25, 0.3) is 0 Å². The van der Waals surface area contributed by atoms with Crippen LogP contribution in [0.1, 0.15) is 12.7 Å². The molecular formula is C14H17ClN4O2. The number of aryl methyl sites for hydroxylation is 1. The van der Waals surface area contributed by atoms with Gasteiger partial charge in [-0.15, -0.1) is 10.2 Å². The molecule has 112 valence electrons. The molecule has 21 heavy (non-hydrogen) atoms. The highest BCUT2D eigenvalue weighted by atomic mass is 35.5. The number of carbonyl (C=O) groups excluding carboxylic acids is 1. The molecule has 7 heteroatoms. The van der Waals surface area contributed by atoms with Gasteiger partial charge in [0.05, 0.1) is 0 Å². The number of nitrogens with zero attached hydrogens (tertiary/aromatic N) is 3. The van der Waals surface area contributed by atoms with Gasteiger partial charge in [-0.25, -0.2) is 0 Å². The third-order valence-corrected chi connectivity index (χ3v) is 3.17. The summed E-state index contributed by atoms with van der Waals surface area (Å²) in [6.07, 6.45) is 1.65. The molecule has 0 fully saturated rings. The summed E-state index contributed by atoms with van der Waals surface area (Å²) in [6, 6.07) is 6.95. The standard InChI is InChI=1S/C14H17ClN4O2/c1-10(21-12-5-3-4-11(15)8-12)14(20)16-7-6-13-18-17-9-19(13)2/h3-5,8-10H,6-7H2,1-2H3,(H,16,20). The zero-order valence-electron chi connectivity index (χ0n) is 11.9. The van der Waals surface area contributed by atoms with E-state index in [-0.39, 0.29) is 5.91 Å². The minimum atomic E-state index is -0.594. The molecule has 2 rings (SSSR count). The van der Waals surface area contributed by atoms with Gasteiger partial charge in [0, 0.05) is 25.0 Å². The largest absolute Gasteiger partial charge is 0.481 e. The molecule has 1 atom stereocenters. The Labute approximate surface area is 128 Å². The van der Waals surface area contributed by atoms with E-state index in [4.69, 9.17) is 16.3 Å². The number of halogens is 1. The number of carbonyl (C=O) groups is 1. The molecule has 0 radical (unpaired) electrons. The van der Waals surface area contributed by atoms with Crippen molar-refractivity contribution in [1.82, 2.24) is 20.1 Å². The lowest BCUT2D eigenvalue weighted by Crippen LogP contribution is -2.37. The number of nitrogens with one attached hydrogen (secondary N) is 1. The average Bonchev–Trinajstić information content (AvgIpc) is 2.84. The Balaban J connectivity index is 1.79. The van der Waals surface area contributed by atoms with Gasteiger partial charge in [0.2, 0.25) is 0 Å². The Morgan fingerprint density at radius 1 is 1.52 bits per heavy atom. The summed E-state index contributed by atoms with van der Waals surface area (Å²) in [5, 5.41) is 11.1. The van der Waals surface area contributed by atoms with Crippen molar-refractivity contribution in [2.24, 2.45) is 7.05 Å². The summed E-state index contributed by atoms with van der Waals surface area (Å²) in [4.78, 5) is 11.9. The first-order chi connectivity index (χ1) is 10.1. The number of amides is 1. The van der Waals surface area contributed by atoms with Crippen molar-refractivity contribution >= 4 is 17.5 Å². The van der Waals surface area contributed by atoms with E-state index in [0.29, 0.717) is 23.7 Å². The lowest BCUT2D eigenvalue weighted by molar-refractivity contribution is -0.127. The number of benzene rings is 1. The first kappa shape index (κ1) is 15.3. The summed E-state index contributed by atoms with van der Waals surface area (Å²) in [5.74, 6) is 1.20. The van der Waals surface area contributed by atoms with Crippen LogP contribution in [-0.2, 0) is 18.3 Å². The van der Waals surface area contributed by atoms with E-state index in [1.165, 1.54) is 0 Å². The van der Waals surface area contributed by atoms with E-state index in [1.54, 1.807) is 37.5 Å². The van der Waals surface area contributed by atoms with Crippen molar-refractivity contribution in [1.29, 1.82) is 0 Å². The van der Waals surface area contributed by atoms with Crippen LogP contribution in [0.2, 0.25) is 5.02 Å². The zero-order valence-corrected chi connectivity index (χ0v) is 12.7. The molecule has 1 amide bonds. The average molecular weight is 309 g/mol. The lowest BCUT2D eigenvalue weighted by Gasteiger charge is -2.14. The lowest BCUT2D eigenvalue weighted by atomic mass is 10.3. The SMILES string of the molecule is CC(Oc1cccc(Cl)c1)C(=O)NCCc1nncn1C. The molecule has 1 aromatic carbocycles. The van der Waals surface area contributed by atoms with Crippen molar-refractivity contribution in [3.63, 3.8) is 0 Å². The van der Waals surface area contributed by atoms with Crippen LogP contribution in [0.4, 0.5) is 0 Å². The number of rotatable bonds is 6. The summed E-state index contributed by atoms with van der Waals surface area (Å²) in [6.45, 7) is 2.17. The van der Waals surface area contributed by atoms with Gasteiger partial charge in [-0.05, 0) is 25.1 Å². The third-order valence-electron chi connectivity index (χ3n) is 2.93. The molecular weight excluding hydrogens is 292 g/mol. The molecule has 1 heterocycles. The highest BCUT2D eigenvalue weighted by Crippen LogP contribution is 2.18. The Morgan fingerprint density at radius 3 is 3.00 bits per heavy atom. The molecule has 0 aliphatic rings. The van der Waals surface area contributed by atoms with Gasteiger partial charge < -0.3 is 14.6 Å². The van der Waals surface area contributed by atoms with E-state index in [2.05, 4.69) is 15.5 Å². The van der Waals surface area contributed by atoms with Crippen LogP contribution < -0.4 is 10.1 Å². The predicted molar refractivity (Wildman–Crippen MR) is 79.3 cm³/mol. The highest BCUT2D eigenvalue weighted by molar-refractivity contribution is 6.30. The fourth-order valence-corrected chi connectivity index (χ4v) is 1.95. The van der Waals surface area contributed by atoms with Crippen molar-refractivity contribution in [2.45, 2.75) is 19.4 Å². The van der Waals surface area contributed by atoms with Gasteiger partial charge in [-0.3, -0.25) is 4.79 Å². The predicted octanol–water partition coefficient (Wildman–Crippen LogP) is 1.59. The number of hydrogen-bond donors (Lipinski definition) is 1. The van der Waals surface area contributed by atoms with E-state index in [1.807, 2.05) is 11.6 Å². The van der Waals surface area contributed by atoms with Crippen LogP contribution in [0.3, 0.4) is 0 Å². The maximum Gasteiger partial charge on any atom is 0.260 e. The second-order valence-corrected chi connectivity index (χ2v) is 5.05. The fraction of sp³-hybridized carbons (Fsp3) is 0.357. The van der Waals surface area contributed by atoms with Gasteiger partial charge >= 0.3 is 0 Å². The molecule has 6 nitrogen and oxygen atoms in total. The van der Waals surface area contributed by atoms with Gasteiger partial charge in [0.1, 0.15) is 17.9 Å². The summed E-state index contributed by atoms with van der Waals surface area (Å²) in [7, 11) is 1.86. The minimum Gasteiger partial charge on any atom is -0.481 e. The minimum absolute atomic E-state index is 0.183.